The van der Waals surface area contributed by atoms with Crippen molar-refractivity contribution in [2.75, 3.05) is 37.4 Å². The van der Waals surface area contributed by atoms with Gasteiger partial charge in [-0.15, -0.1) is 0 Å². The molecule has 0 unspecified atom stereocenters. The van der Waals surface area contributed by atoms with Crippen molar-refractivity contribution in [2.24, 2.45) is 0 Å². The van der Waals surface area contributed by atoms with E-state index in [2.05, 4.69) is 9.71 Å². The van der Waals surface area contributed by atoms with Gasteiger partial charge in [-0.2, -0.15) is 0 Å². The summed E-state index contributed by atoms with van der Waals surface area (Å²) in [6.45, 7) is 0.898. The summed E-state index contributed by atoms with van der Waals surface area (Å²) in [7, 11) is -1.95. The zero-order chi connectivity index (χ0) is 16.0. The summed E-state index contributed by atoms with van der Waals surface area (Å²) in [5, 5.41) is 1.73. The molecule has 0 amide bonds. The van der Waals surface area contributed by atoms with Crippen LogP contribution in [0.5, 0.6) is 0 Å². The fraction of sp³-hybridized carbons (Fsp3) is 0.357. The van der Waals surface area contributed by atoms with Crippen LogP contribution in [0.15, 0.2) is 30.5 Å². The molecule has 0 bridgehead atoms. The van der Waals surface area contributed by atoms with E-state index >= 15 is 0 Å². The van der Waals surface area contributed by atoms with Crippen LogP contribution < -0.4 is 4.72 Å². The van der Waals surface area contributed by atoms with Gasteiger partial charge in [0.05, 0.1) is 31.3 Å². The molecule has 8 heteroatoms. The van der Waals surface area contributed by atoms with Gasteiger partial charge in [0.2, 0.25) is 10.0 Å². The molecule has 2 rings (SSSR count). The number of pyridine rings is 1. The Hall–Kier alpha value is -1.41. The van der Waals surface area contributed by atoms with Crippen LogP contribution in [0, 0.1) is 0 Å². The first-order chi connectivity index (χ1) is 10.5. The Morgan fingerprint density at radius 1 is 1.18 bits per heavy atom. The maximum absolute atomic E-state index is 12.1. The second kappa shape index (κ2) is 7.73. The molecule has 120 valence electrons. The fourth-order valence-corrected chi connectivity index (χ4v) is 3.07. The maximum Gasteiger partial charge on any atom is 0.235 e. The molecule has 0 aliphatic heterocycles. The lowest BCUT2D eigenvalue weighted by Gasteiger charge is -2.11. The number of sulfonamides is 1. The molecule has 6 nitrogen and oxygen atoms in total. The van der Waals surface area contributed by atoms with Crippen LogP contribution in [0.4, 0.5) is 5.69 Å². The van der Waals surface area contributed by atoms with Crippen molar-refractivity contribution in [2.45, 2.75) is 0 Å². The number of methoxy groups -OCH3 is 1. The summed E-state index contributed by atoms with van der Waals surface area (Å²) in [5.41, 5.74) is 0.471. The Kier molecular flexibility index (Phi) is 5.96. The normalized spacial score (nSPS) is 11.7. The van der Waals surface area contributed by atoms with Gasteiger partial charge in [-0.05, 0) is 12.1 Å². The second-order valence-electron chi connectivity index (χ2n) is 4.53. The number of nitrogens with one attached hydrogen (secondary N) is 1. The van der Waals surface area contributed by atoms with E-state index in [1.165, 1.54) is 6.20 Å². The van der Waals surface area contributed by atoms with Gasteiger partial charge >= 0.3 is 0 Å². The van der Waals surface area contributed by atoms with Crippen molar-refractivity contribution < 1.29 is 17.9 Å². The van der Waals surface area contributed by atoms with Crippen molar-refractivity contribution in [3.8, 4) is 0 Å². The molecule has 0 fully saturated rings. The van der Waals surface area contributed by atoms with Crippen LogP contribution in [-0.4, -0.2) is 46.1 Å². The van der Waals surface area contributed by atoms with E-state index in [0.717, 1.165) is 0 Å². The van der Waals surface area contributed by atoms with Crippen LogP contribution in [0.2, 0.25) is 5.15 Å². The molecular formula is C14H17ClN2O4S. The zero-order valence-corrected chi connectivity index (χ0v) is 13.7. The van der Waals surface area contributed by atoms with Crippen LogP contribution >= 0.6 is 11.6 Å². The summed E-state index contributed by atoms with van der Waals surface area (Å²) >= 11 is 6.01. The molecule has 0 spiro atoms. The number of anilines is 1. The molecule has 1 aromatic carbocycles. The van der Waals surface area contributed by atoms with E-state index in [0.29, 0.717) is 34.8 Å². The third-order valence-corrected chi connectivity index (χ3v) is 4.49. The van der Waals surface area contributed by atoms with Crippen molar-refractivity contribution in [1.29, 1.82) is 0 Å². The predicted octanol–water partition coefficient (Wildman–Crippen LogP) is 2.29. The van der Waals surface area contributed by atoms with E-state index in [1.54, 1.807) is 31.4 Å². The summed E-state index contributed by atoms with van der Waals surface area (Å²) in [4.78, 5) is 3.98. The third kappa shape index (κ3) is 4.54. The summed E-state index contributed by atoms with van der Waals surface area (Å²) < 4.78 is 36.7. The number of fused-ring (bicyclic) bond motifs is 1. The molecule has 1 N–H and O–H groups in total. The number of aromatic nitrogens is 1. The Labute approximate surface area is 134 Å². The molecule has 0 saturated carbocycles. The van der Waals surface area contributed by atoms with Gasteiger partial charge in [0.25, 0.3) is 0 Å². The van der Waals surface area contributed by atoms with Crippen LogP contribution in [0.3, 0.4) is 0 Å². The van der Waals surface area contributed by atoms with Gasteiger partial charge in [-0.1, -0.05) is 23.7 Å². The van der Waals surface area contributed by atoms with Gasteiger partial charge < -0.3 is 9.47 Å². The number of hydrogen-bond acceptors (Lipinski definition) is 5. The topological polar surface area (TPSA) is 77.5 Å². The van der Waals surface area contributed by atoms with Crippen molar-refractivity contribution in [3.63, 3.8) is 0 Å². The smallest absolute Gasteiger partial charge is 0.235 e. The lowest BCUT2D eigenvalue weighted by Crippen LogP contribution is -2.21. The Morgan fingerprint density at radius 3 is 2.77 bits per heavy atom. The van der Waals surface area contributed by atoms with Crippen LogP contribution in [-0.2, 0) is 19.5 Å². The van der Waals surface area contributed by atoms with E-state index < -0.39 is 10.0 Å². The SMILES string of the molecule is COCCOCCS(=O)(=O)Nc1cccc2c(Cl)nccc12. The van der Waals surface area contributed by atoms with Gasteiger partial charge in [0.1, 0.15) is 5.15 Å². The van der Waals surface area contributed by atoms with Gasteiger partial charge in [0.15, 0.2) is 0 Å². The predicted molar refractivity (Wildman–Crippen MR) is 86.9 cm³/mol. The number of nitrogens with zero attached hydrogens (tertiary/aromatic N) is 1. The minimum atomic E-state index is -3.51. The summed E-state index contributed by atoms with van der Waals surface area (Å²) in [5.74, 6) is -0.133. The van der Waals surface area contributed by atoms with Crippen molar-refractivity contribution >= 4 is 38.1 Å². The number of benzene rings is 1. The fourth-order valence-electron chi connectivity index (χ4n) is 1.89. The van der Waals surface area contributed by atoms with Crippen LogP contribution in [0.1, 0.15) is 0 Å². The lowest BCUT2D eigenvalue weighted by atomic mass is 10.1. The Morgan fingerprint density at radius 2 is 2.00 bits per heavy atom. The van der Waals surface area contributed by atoms with E-state index in [-0.39, 0.29) is 12.4 Å². The van der Waals surface area contributed by atoms with Crippen molar-refractivity contribution in [3.05, 3.63) is 35.6 Å². The van der Waals surface area contributed by atoms with Gasteiger partial charge in [0, 0.05) is 24.1 Å². The standard InChI is InChI=1S/C14H17ClN2O4S/c1-20-7-8-21-9-10-22(18,19)17-13-4-2-3-12-11(13)5-6-16-14(12)15/h2-6,17H,7-10H2,1H3. The van der Waals surface area contributed by atoms with E-state index in [9.17, 15) is 8.42 Å². The monoisotopic (exact) mass is 344 g/mol. The second-order valence-corrected chi connectivity index (χ2v) is 6.73. The molecule has 0 radical (unpaired) electrons. The lowest BCUT2D eigenvalue weighted by molar-refractivity contribution is 0.0785. The number of ether oxygens (including phenoxy) is 2. The van der Waals surface area contributed by atoms with Crippen LogP contribution in [0.25, 0.3) is 10.8 Å². The molecule has 1 heterocycles. The quantitative estimate of drug-likeness (QED) is 0.587. The minimum absolute atomic E-state index is 0.103. The molecular weight excluding hydrogens is 328 g/mol. The number of hydrogen-bond donors (Lipinski definition) is 1. The molecule has 0 aliphatic rings. The van der Waals surface area contributed by atoms with E-state index in [1.807, 2.05) is 0 Å². The zero-order valence-electron chi connectivity index (χ0n) is 12.1. The minimum Gasteiger partial charge on any atom is -0.382 e. The number of rotatable bonds is 8. The highest BCUT2D eigenvalue weighted by Gasteiger charge is 2.13. The molecule has 2 aromatic rings. The first kappa shape index (κ1) is 17.0. The Bertz CT molecular complexity index is 737. The average Bonchev–Trinajstić information content (AvgIpc) is 2.48. The summed E-state index contributed by atoms with van der Waals surface area (Å²) in [6.07, 6.45) is 1.54. The van der Waals surface area contributed by atoms with Gasteiger partial charge in [-0.25, -0.2) is 13.4 Å². The molecule has 1 aromatic heterocycles. The van der Waals surface area contributed by atoms with Gasteiger partial charge in [-0.3, -0.25) is 4.72 Å². The van der Waals surface area contributed by atoms with Crippen molar-refractivity contribution in [1.82, 2.24) is 4.98 Å². The molecule has 22 heavy (non-hydrogen) atoms. The van der Waals surface area contributed by atoms with E-state index in [4.69, 9.17) is 21.1 Å². The highest BCUT2D eigenvalue weighted by molar-refractivity contribution is 7.92. The molecule has 0 aliphatic carbocycles. The first-order valence-electron chi connectivity index (χ1n) is 6.64. The third-order valence-electron chi connectivity index (χ3n) is 2.95. The molecule has 0 atom stereocenters. The summed E-state index contributed by atoms with van der Waals surface area (Å²) in [6, 6.07) is 6.91. The highest BCUT2D eigenvalue weighted by atomic mass is 35.5. The number of halogens is 1. The first-order valence-corrected chi connectivity index (χ1v) is 8.67. The Balaban J connectivity index is 2.08. The largest absolute Gasteiger partial charge is 0.382 e. The molecule has 0 saturated heterocycles. The average molecular weight is 345 g/mol. The highest BCUT2D eigenvalue weighted by Crippen LogP contribution is 2.27. The maximum atomic E-state index is 12.1.